The van der Waals surface area contributed by atoms with Crippen molar-refractivity contribution in [3.05, 3.63) is 50.0 Å². The van der Waals surface area contributed by atoms with Gasteiger partial charge >= 0.3 is 5.97 Å². The number of esters is 1. The number of aromatic hydroxyl groups is 1. The Balaban J connectivity index is 2.38. The smallest absolute Gasteiger partial charge is 0.341 e. The molecule has 2 aromatic rings. The number of carbonyl (C=O) groups excluding carboxylic acids is 1. The third-order valence-corrected chi connectivity index (χ3v) is 3.72. The van der Waals surface area contributed by atoms with Gasteiger partial charge in [0.15, 0.2) is 10.7 Å². The number of aromatic amines is 2. The van der Waals surface area contributed by atoms with Gasteiger partial charge in [-0.3, -0.25) is 9.78 Å². The summed E-state index contributed by atoms with van der Waals surface area (Å²) in [5.41, 5.74) is 0.578. The summed E-state index contributed by atoms with van der Waals surface area (Å²) < 4.78 is 10.8. The number of hydrogen-bond donors (Lipinski definition) is 3. The van der Waals surface area contributed by atoms with E-state index in [0.29, 0.717) is 23.8 Å². The molecule has 1 aromatic carbocycles. The van der Waals surface area contributed by atoms with Crippen LogP contribution in [-0.4, -0.2) is 34.3 Å². The Hall–Kier alpha value is -2.61. The summed E-state index contributed by atoms with van der Waals surface area (Å²) in [4.78, 5) is 29.2. The van der Waals surface area contributed by atoms with E-state index < -0.39 is 11.5 Å². The fraction of sp³-hybridized carbons (Fsp3) is 0.389. The zero-order chi connectivity index (χ0) is 19.3. The molecule has 0 amide bonds. The second-order valence-electron chi connectivity index (χ2n) is 6.17. The van der Waals surface area contributed by atoms with Gasteiger partial charge in [0.1, 0.15) is 11.3 Å². The zero-order valence-corrected chi connectivity index (χ0v) is 15.7. The summed E-state index contributed by atoms with van der Waals surface area (Å²) in [7, 11) is 0. The van der Waals surface area contributed by atoms with Crippen LogP contribution in [0.5, 0.6) is 11.6 Å². The molecule has 0 unspecified atom stereocenters. The highest BCUT2D eigenvalue weighted by molar-refractivity contribution is 7.71. The van der Waals surface area contributed by atoms with E-state index in [1.165, 1.54) is 0 Å². The molecular formula is C18H22N2O5S. The Morgan fingerprint density at radius 2 is 2.04 bits per heavy atom. The molecule has 0 radical (unpaired) electrons. The minimum absolute atomic E-state index is 0.0425. The third kappa shape index (κ3) is 4.95. The predicted octanol–water partition coefficient (Wildman–Crippen LogP) is 2.94. The Morgan fingerprint density at radius 3 is 2.65 bits per heavy atom. The van der Waals surface area contributed by atoms with Crippen molar-refractivity contribution in [2.75, 3.05) is 13.2 Å². The number of rotatable bonds is 7. The number of nitrogens with one attached hydrogen (secondary N) is 2. The van der Waals surface area contributed by atoms with E-state index in [0.717, 1.165) is 0 Å². The van der Waals surface area contributed by atoms with Crippen LogP contribution < -0.4 is 10.3 Å². The lowest BCUT2D eigenvalue weighted by Gasteiger charge is -2.14. The van der Waals surface area contributed by atoms with Gasteiger partial charge in [0.25, 0.3) is 5.56 Å². The third-order valence-electron chi connectivity index (χ3n) is 3.51. The van der Waals surface area contributed by atoms with Crippen molar-refractivity contribution in [1.82, 2.24) is 9.97 Å². The fourth-order valence-electron chi connectivity index (χ4n) is 2.31. The summed E-state index contributed by atoms with van der Waals surface area (Å²) in [6.07, 6.45) is 0.115. The molecule has 0 aliphatic rings. The molecule has 7 nitrogen and oxygen atoms in total. The quantitative estimate of drug-likeness (QED) is 0.505. The second kappa shape index (κ2) is 8.66. The van der Waals surface area contributed by atoms with Gasteiger partial charge in [0.05, 0.1) is 18.8 Å². The minimum Gasteiger partial charge on any atom is -0.494 e. The molecule has 8 heteroatoms. The molecule has 1 heterocycles. The number of H-pyrrole nitrogens is 2. The number of carbonyl (C=O) groups is 1. The molecule has 0 bridgehead atoms. The van der Waals surface area contributed by atoms with E-state index in [-0.39, 0.29) is 34.8 Å². The van der Waals surface area contributed by atoms with Crippen molar-refractivity contribution in [2.24, 2.45) is 5.92 Å². The Kier molecular flexibility index (Phi) is 6.57. The molecule has 0 fully saturated rings. The maximum Gasteiger partial charge on any atom is 0.341 e. The van der Waals surface area contributed by atoms with Crippen molar-refractivity contribution in [3.63, 3.8) is 0 Å². The van der Waals surface area contributed by atoms with Gasteiger partial charge in [-0.2, -0.15) is 0 Å². The maximum atomic E-state index is 12.3. The average molecular weight is 378 g/mol. The summed E-state index contributed by atoms with van der Waals surface area (Å²) in [5, 5.41) is 9.94. The van der Waals surface area contributed by atoms with Crippen molar-refractivity contribution in [3.8, 4) is 11.6 Å². The first kappa shape index (κ1) is 19.7. The molecule has 26 heavy (non-hydrogen) atoms. The largest absolute Gasteiger partial charge is 0.494 e. The second-order valence-corrected chi connectivity index (χ2v) is 6.58. The lowest BCUT2D eigenvalue weighted by atomic mass is 10.0. The standard InChI is InChI=1S/C18H22N2O5S/c1-4-24-17(23)12-7-11(5-6-14(12)25-9-10(2)3)8-13-15(21)19-18(26)20-16(13)22/h5-7,10H,4,8-9H2,1-3H3,(H3,19,20,21,22,26). The first-order valence-corrected chi connectivity index (χ1v) is 8.70. The van der Waals surface area contributed by atoms with Gasteiger partial charge in [-0.25, -0.2) is 4.79 Å². The molecule has 0 spiro atoms. The van der Waals surface area contributed by atoms with Crippen molar-refractivity contribution < 1.29 is 19.4 Å². The average Bonchev–Trinajstić information content (AvgIpc) is 2.56. The van der Waals surface area contributed by atoms with Crippen LogP contribution in [0.3, 0.4) is 0 Å². The van der Waals surface area contributed by atoms with Crippen molar-refractivity contribution in [1.29, 1.82) is 0 Å². The SMILES string of the molecule is CCOC(=O)c1cc(Cc2c(O)[nH]c(=S)[nH]c2=O)ccc1OCC(C)C. The van der Waals surface area contributed by atoms with Gasteiger partial charge in [-0.05, 0) is 42.8 Å². The van der Waals surface area contributed by atoms with Crippen LogP contribution in [0.15, 0.2) is 23.0 Å². The highest BCUT2D eigenvalue weighted by Gasteiger charge is 2.17. The highest BCUT2D eigenvalue weighted by Crippen LogP contribution is 2.24. The van der Waals surface area contributed by atoms with E-state index in [4.69, 9.17) is 21.7 Å². The van der Waals surface area contributed by atoms with Gasteiger partial charge in [0, 0.05) is 6.42 Å². The summed E-state index contributed by atoms with van der Waals surface area (Å²) >= 11 is 4.81. The molecular weight excluding hydrogens is 356 g/mol. The van der Waals surface area contributed by atoms with E-state index >= 15 is 0 Å². The van der Waals surface area contributed by atoms with E-state index in [1.54, 1.807) is 25.1 Å². The van der Waals surface area contributed by atoms with Crippen molar-refractivity contribution in [2.45, 2.75) is 27.2 Å². The summed E-state index contributed by atoms with van der Waals surface area (Å²) in [6, 6.07) is 5.01. The van der Waals surface area contributed by atoms with E-state index in [9.17, 15) is 14.7 Å². The lowest BCUT2D eigenvalue weighted by Crippen LogP contribution is -2.15. The molecule has 3 N–H and O–H groups in total. The molecule has 140 valence electrons. The van der Waals surface area contributed by atoms with Crippen LogP contribution in [0.2, 0.25) is 0 Å². The van der Waals surface area contributed by atoms with Gasteiger partial charge in [-0.1, -0.05) is 19.9 Å². The van der Waals surface area contributed by atoms with Crippen LogP contribution >= 0.6 is 12.2 Å². The maximum absolute atomic E-state index is 12.3. The fourth-order valence-corrected chi connectivity index (χ4v) is 2.50. The van der Waals surface area contributed by atoms with Gasteiger partial charge in [0.2, 0.25) is 0 Å². The molecule has 0 aliphatic heterocycles. The molecule has 0 saturated heterocycles. The number of benzene rings is 1. The van der Waals surface area contributed by atoms with E-state index in [2.05, 4.69) is 9.97 Å². The number of aromatic nitrogens is 2. The topological polar surface area (TPSA) is 104 Å². The Labute approximate surface area is 156 Å². The molecule has 1 aromatic heterocycles. The number of ether oxygens (including phenoxy) is 2. The number of hydrogen-bond acceptors (Lipinski definition) is 6. The van der Waals surface area contributed by atoms with E-state index in [1.807, 2.05) is 13.8 Å². The molecule has 2 rings (SSSR count). The van der Waals surface area contributed by atoms with Gasteiger partial charge < -0.3 is 19.6 Å². The highest BCUT2D eigenvalue weighted by atomic mass is 32.1. The minimum atomic E-state index is -0.501. The van der Waals surface area contributed by atoms with Crippen LogP contribution in [0.4, 0.5) is 0 Å². The van der Waals surface area contributed by atoms with Crippen LogP contribution in [0, 0.1) is 10.7 Å². The van der Waals surface area contributed by atoms with Crippen LogP contribution in [0.1, 0.15) is 42.3 Å². The van der Waals surface area contributed by atoms with Crippen LogP contribution in [0.25, 0.3) is 0 Å². The first-order chi connectivity index (χ1) is 12.3. The van der Waals surface area contributed by atoms with Crippen molar-refractivity contribution >= 4 is 18.2 Å². The Bertz CT molecular complexity index is 901. The Morgan fingerprint density at radius 1 is 1.31 bits per heavy atom. The molecule has 0 saturated carbocycles. The molecule has 0 atom stereocenters. The molecule has 0 aliphatic carbocycles. The summed E-state index contributed by atoms with van der Waals surface area (Å²) in [5.74, 6) is -0.0746. The monoisotopic (exact) mass is 378 g/mol. The first-order valence-electron chi connectivity index (χ1n) is 8.29. The van der Waals surface area contributed by atoms with Crippen LogP contribution in [-0.2, 0) is 11.2 Å². The predicted molar refractivity (Wildman–Crippen MR) is 99.4 cm³/mol. The lowest BCUT2D eigenvalue weighted by molar-refractivity contribution is 0.0521. The van der Waals surface area contributed by atoms with Gasteiger partial charge in [-0.15, -0.1) is 0 Å². The normalized spacial score (nSPS) is 10.8. The zero-order valence-electron chi connectivity index (χ0n) is 14.9. The summed E-state index contributed by atoms with van der Waals surface area (Å²) in [6.45, 7) is 6.43.